The van der Waals surface area contributed by atoms with E-state index >= 15 is 0 Å². The van der Waals surface area contributed by atoms with Crippen LogP contribution < -0.4 is 9.46 Å². The number of benzene rings is 2. The Morgan fingerprint density at radius 2 is 1.87 bits per heavy atom. The Morgan fingerprint density at radius 3 is 2.57 bits per heavy atom. The van der Waals surface area contributed by atoms with Gasteiger partial charge in [0.15, 0.2) is 0 Å². The molecule has 0 unspecified atom stereocenters. The molecule has 0 aliphatic rings. The van der Waals surface area contributed by atoms with Crippen molar-refractivity contribution in [3.05, 3.63) is 58.1 Å². The van der Waals surface area contributed by atoms with Gasteiger partial charge in [-0.25, -0.2) is 13.1 Å². The number of hydrogen-bond acceptors (Lipinski definition) is 3. The van der Waals surface area contributed by atoms with Gasteiger partial charge in [0.05, 0.1) is 14.9 Å². The quantitative estimate of drug-likeness (QED) is 0.748. The lowest BCUT2D eigenvalue weighted by molar-refractivity contribution is 0.322. The fourth-order valence-corrected chi connectivity index (χ4v) is 3.33. The summed E-state index contributed by atoms with van der Waals surface area (Å²) in [5.41, 5.74) is 1.17. The Kier molecular flexibility index (Phi) is 6.30. The van der Waals surface area contributed by atoms with E-state index in [0.717, 1.165) is 12.2 Å². The number of aryl methyl sites for hydroxylation is 1. The Bertz CT molecular complexity index is 779. The second-order valence-electron chi connectivity index (χ2n) is 4.82. The zero-order chi connectivity index (χ0) is 16.9. The summed E-state index contributed by atoms with van der Waals surface area (Å²) in [6.07, 6.45) is 0.918. The van der Waals surface area contributed by atoms with Crippen molar-refractivity contribution in [2.24, 2.45) is 0 Å². The van der Waals surface area contributed by atoms with Crippen molar-refractivity contribution in [1.82, 2.24) is 4.72 Å². The molecule has 0 amide bonds. The van der Waals surface area contributed by atoms with E-state index in [-0.39, 0.29) is 23.1 Å². The van der Waals surface area contributed by atoms with Crippen molar-refractivity contribution in [3.63, 3.8) is 0 Å². The predicted octanol–water partition coefficient (Wildman–Crippen LogP) is 3.91. The van der Waals surface area contributed by atoms with Crippen molar-refractivity contribution in [2.75, 3.05) is 13.2 Å². The molecule has 0 heterocycles. The highest BCUT2D eigenvalue weighted by Gasteiger charge is 2.14. The lowest BCUT2D eigenvalue weighted by Crippen LogP contribution is -2.28. The van der Waals surface area contributed by atoms with Gasteiger partial charge in [-0.05, 0) is 42.3 Å². The SMILES string of the molecule is CCc1cccc(OCCNS(=O)(=O)c2ccc(Cl)c(Cl)c2)c1. The molecule has 0 saturated carbocycles. The first-order valence-electron chi connectivity index (χ1n) is 7.09. The molecule has 1 N–H and O–H groups in total. The normalized spacial score (nSPS) is 11.4. The molecular formula is C16H17Cl2NO3S. The van der Waals surface area contributed by atoms with Crippen LogP contribution in [0.2, 0.25) is 10.0 Å². The van der Waals surface area contributed by atoms with Crippen LogP contribution in [-0.4, -0.2) is 21.6 Å². The smallest absolute Gasteiger partial charge is 0.240 e. The number of rotatable bonds is 7. The summed E-state index contributed by atoms with van der Waals surface area (Å²) in [5, 5.41) is 0.506. The van der Waals surface area contributed by atoms with Crippen LogP contribution in [0.1, 0.15) is 12.5 Å². The molecule has 23 heavy (non-hydrogen) atoms. The van der Waals surface area contributed by atoms with Crippen molar-refractivity contribution >= 4 is 33.2 Å². The van der Waals surface area contributed by atoms with Crippen LogP contribution in [0.4, 0.5) is 0 Å². The van der Waals surface area contributed by atoms with E-state index in [9.17, 15) is 8.42 Å². The van der Waals surface area contributed by atoms with Crippen LogP contribution in [0.25, 0.3) is 0 Å². The van der Waals surface area contributed by atoms with E-state index in [1.807, 2.05) is 24.3 Å². The first-order chi connectivity index (χ1) is 10.9. The van der Waals surface area contributed by atoms with Crippen LogP contribution in [0, 0.1) is 0 Å². The lowest BCUT2D eigenvalue weighted by atomic mass is 10.2. The van der Waals surface area contributed by atoms with Gasteiger partial charge in [0.1, 0.15) is 12.4 Å². The minimum atomic E-state index is -3.64. The minimum Gasteiger partial charge on any atom is -0.492 e. The van der Waals surface area contributed by atoms with Gasteiger partial charge in [-0.2, -0.15) is 0 Å². The van der Waals surface area contributed by atoms with E-state index < -0.39 is 10.0 Å². The van der Waals surface area contributed by atoms with Crippen molar-refractivity contribution in [1.29, 1.82) is 0 Å². The van der Waals surface area contributed by atoms with Gasteiger partial charge in [0.25, 0.3) is 0 Å². The zero-order valence-corrected chi connectivity index (χ0v) is 14.9. The molecular weight excluding hydrogens is 357 g/mol. The van der Waals surface area contributed by atoms with Crippen LogP contribution in [0.15, 0.2) is 47.4 Å². The third-order valence-corrected chi connectivity index (χ3v) is 5.37. The maximum absolute atomic E-state index is 12.1. The summed E-state index contributed by atoms with van der Waals surface area (Å²) < 4.78 is 32.3. The topological polar surface area (TPSA) is 55.4 Å². The van der Waals surface area contributed by atoms with Crippen molar-refractivity contribution < 1.29 is 13.2 Å². The lowest BCUT2D eigenvalue weighted by Gasteiger charge is -2.10. The Morgan fingerprint density at radius 1 is 1.09 bits per heavy atom. The van der Waals surface area contributed by atoms with Gasteiger partial charge in [-0.1, -0.05) is 42.3 Å². The number of ether oxygens (including phenoxy) is 1. The van der Waals surface area contributed by atoms with Gasteiger partial charge >= 0.3 is 0 Å². The van der Waals surface area contributed by atoms with Gasteiger partial charge in [0.2, 0.25) is 10.0 Å². The van der Waals surface area contributed by atoms with Gasteiger partial charge in [-0.3, -0.25) is 0 Å². The molecule has 124 valence electrons. The minimum absolute atomic E-state index is 0.0693. The molecule has 4 nitrogen and oxygen atoms in total. The predicted molar refractivity (Wildman–Crippen MR) is 93.0 cm³/mol. The average molecular weight is 374 g/mol. The highest BCUT2D eigenvalue weighted by Crippen LogP contribution is 2.24. The number of sulfonamides is 1. The molecule has 2 aromatic rings. The third kappa shape index (κ3) is 5.11. The fraction of sp³-hybridized carbons (Fsp3) is 0.250. The molecule has 0 fully saturated rings. The van der Waals surface area contributed by atoms with Gasteiger partial charge in [0, 0.05) is 6.54 Å². The van der Waals surface area contributed by atoms with E-state index in [0.29, 0.717) is 5.02 Å². The maximum atomic E-state index is 12.1. The van der Waals surface area contributed by atoms with E-state index in [4.69, 9.17) is 27.9 Å². The zero-order valence-electron chi connectivity index (χ0n) is 12.6. The molecule has 0 atom stereocenters. The second kappa shape index (κ2) is 8.02. The third-order valence-electron chi connectivity index (χ3n) is 3.17. The molecule has 0 saturated heterocycles. The first kappa shape index (κ1) is 18.1. The standard InChI is InChI=1S/C16H17Cl2NO3S/c1-2-12-4-3-5-13(10-12)22-9-8-19-23(20,21)14-6-7-15(17)16(18)11-14/h3-7,10-11,19H,2,8-9H2,1H3. The summed E-state index contributed by atoms with van der Waals surface area (Å²) in [7, 11) is -3.64. The highest BCUT2D eigenvalue weighted by atomic mass is 35.5. The van der Waals surface area contributed by atoms with E-state index in [2.05, 4.69) is 11.6 Å². The van der Waals surface area contributed by atoms with Crippen molar-refractivity contribution in [2.45, 2.75) is 18.2 Å². The van der Waals surface area contributed by atoms with Gasteiger partial charge in [-0.15, -0.1) is 0 Å². The summed E-state index contributed by atoms with van der Waals surface area (Å²) in [5.74, 6) is 0.720. The summed E-state index contributed by atoms with van der Waals surface area (Å²) in [4.78, 5) is 0.0693. The Hall–Kier alpha value is -1.27. The summed E-state index contributed by atoms with van der Waals surface area (Å²) in [6.45, 7) is 2.44. The number of hydrogen-bond donors (Lipinski definition) is 1. The highest BCUT2D eigenvalue weighted by molar-refractivity contribution is 7.89. The molecule has 2 rings (SSSR count). The monoisotopic (exact) mass is 373 g/mol. The van der Waals surface area contributed by atoms with Gasteiger partial charge < -0.3 is 4.74 Å². The number of nitrogens with one attached hydrogen (secondary N) is 1. The first-order valence-corrected chi connectivity index (χ1v) is 9.33. The second-order valence-corrected chi connectivity index (χ2v) is 7.40. The number of halogens is 2. The molecule has 0 spiro atoms. The molecule has 0 aromatic heterocycles. The largest absolute Gasteiger partial charge is 0.492 e. The van der Waals surface area contributed by atoms with Crippen LogP contribution in [0.5, 0.6) is 5.75 Å². The van der Waals surface area contributed by atoms with Crippen LogP contribution in [-0.2, 0) is 16.4 Å². The molecule has 7 heteroatoms. The van der Waals surface area contributed by atoms with E-state index in [1.54, 1.807) is 0 Å². The Balaban J connectivity index is 1.90. The van der Waals surface area contributed by atoms with Crippen LogP contribution in [0.3, 0.4) is 0 Å². The Labute approximate surface area is 146 Å². The maximum Gasteiger partial charge on any atom is 0.240 e. The average Bonchev–Trinajstić information content (AvgIpc) is 2.54. The van der Waals surface area contributed by atoms with Crippen LogP contribution >= 0.6 is 23.2 Å². The fourth-order valence-electron chi connectivity index (χ4n) is 1.93. The van der Waals surface area contributed by atoms with Crippen molar-refractivity contribution in [3.8, 4) is 5.75 Å². The summed E-state index contributed by atoms with van der Waals surface area (Å²) >= 11 is 11.6. The molecule has 0 aliphatic carbocycles. The molecule has 0 aliphatic heterocycles. The molecule has 0 radical (unpaired) electrons. The molecule has 2 aromatic carbocycles. The van der Waals surface area contributed by atoms with E-state index in [1.165, 1.54) is 23.8 Å². The molecule has 0 bridgehead atoms. The summed E-state index contributed by atoms with van der Waals surface area (Å²) in [6, 6.07) is 11.9.